The molecule has 0 aromatic heterocycles. The number of hydrogen-bond acceptors (Lipinski definition) is 6. The molecule has 0 heterocycles. The average molecular weight is 616 g/mol. The number of nitrogens with zero attached hydrogens (tertiary/aromatic N) is 2. The highest BCUT2D eigenvalue weighted by Crippen LogP contribution is 2.32. The van der Waals surface area contributed by atoms with E-state index in [9.17, 15) is 18.0 Å². The van der Waals surface area contributed by atoms with Crippen LogP contribution < -0.4 is 19.1 Å². The number of sulfonamides is 1. The molecular weight excluding hydrogens is 578 g/mol. The van der Waals surface area contributed by atoms with Gasteiger partial charge in [0.1, 0.15) is 12.6 Å². The van der Waals surface area contributed by atoms with E-state index in [4.69, 9.17) is 21.1 Å². The van der Waals surface area contributed by atoms with Gasteiger partial charge in [-0.3, -0.25) is 13.9 Å². The van der Waals surface area contributed by atoms with E-state index in [-0.39, 0.29) is 30.6 Å². The Balaban J connectivity index is 2.07. The molecule has 0 aliphatic carbocycles. The summed E-state index contributed by atoms with van der Waals surface area (Å²) in [4.78, 5) is 29.3. The number of amides is 2. The van der Waals surface area contributed by atoms with Crippen LogP contribution in [0.5, 0.6) is 11.5 Å². The molecule has 0 fully saturated rings. The van der Waals surface area contributed by atoms with Crippen LogP contribution in [-0.4, -0.2) is 64.2 Å². The molecule has 1 N–H and O–H groups in total. The first-order chi connectivity index (χ1) is 20.0. The fourth-order valence-electron chi connectivity index (χ4n) is 4.38. The maximum Gasteiger partial charge on any atom is 0.244 e. The van der Waals surface area contributed by atoms with Gasteiger partial charge < -0.3 is 19.7 Å². The highest BCUT2D eigenvalue weighted by atomic mass is 35.5. The zero-order valence-electron chi connectivity index (χ0n) is 24.5. The van der Waals surface area contributed by atoms with E-state index in [1.165, 1.54) is 31.3 Å². The number of carbonyl (C=O) groups is 2. The largest absolute Gasteiger partial charge is 0.493 e. The number of ether oxygens (including phenoxy) is 2. The van der Waals surface area contributed by atoms with Crippen LogP contribution in [0.2, 0.25) is 5.02 Å². The minimum atomic E-state index is -3.93. The zero-order valence-corrected chi connectivity index (χ0v) is 26.1. The lowest BCUT2D eigenvalue weighted by molar-refractivity contribution is -0.140. The van der Waals surface area contributed by atoms with Crippen molar-refractivity contribution in [1.82, 2.24) is 10.2 Å². The van der Waals surface area contributed by atoms with Gasteiger partial charge in [-0.05, 0) is 48.7 Å². The summed E-state index contributed by atoms with van der Waals surface area (Å²) >= 11 is 6.10. The molecule has 0 aliphatic rings. The van der Waals surface area contributed by atoms with Crippen molar-refractivity contribution in [2.24, 2.45) is 0 Å². The van der Waals surface area contributed by atoms with Crippen LogP contribution in [0, 0.1) is 0 Å². The first kappa shape index (κ1) is 32.8. The van der Waals surface area contributed by atoms with Crippen LogP contribution in [0.15, 0.2) is 72.8 Å². The van der Waals surface area contributed by atoms with Gasteiger partial charge in [-0.25, -0.2) is 8.42 Å². The second-order valence-corrected chi connectivity index (χ2v) is 12.3. The Morgan fingerprint density at radius 1 is 0.929 bits per heavy atom. The van der Waals surface area contributed by atoms with E-state index < -0.39 is 28.5 Å². The monoisotopic (exact) mass is 615 g/mol. The predicted octanol–water partition coefficient (Wildman–Crippen LogP) is 4.68. The minimum absolute atomic E-state index is 0.0605. The van der Waals surface area contributed by atoms with Crippen molar-refractivity contribution in [3.05, 3.63) is 88.9 Å². The molecule has 2 atom stereocenters. The maximum absolute atomic E-state index is 14.2. The summed E-state index contributed by atoms with van der Waals surface area (Å²) < 4.78 is 37.7. The van der Waals surface area contributed by atoms with Crippen LogP contribution in [0.25, 0.3) is 0 Å². The second-order valence-electron chi connectivity index (χ2n) is 9.98. The van der Waals surface area contributed by atoms with Crippen molar-refractivity contribution in [2.45, 2.75) is 45.3 Å². The zero-order chi connectivity index (χ0) is 30.9. The van der Waals surface area contributed by atoms with Gasteiger partial charge in [-0.2, -0.15) is 0 Å². The van der Waals surface area contributed by atoms with Gasteiger partial charge in [0.2, 0.25) is 21.8 Å². The van der Waals surface area contributed by atoms with Crippen molar-refractivity contribution in [2.75, 3.05) is 31.3 Å². The quantitative estimate of drug-likeness (QED) is 0.282. The number of carbonyl (C=O) groups excluding carboxylic acids is 2. The lowest BCUT2D eigenvalue weighted by atomic mass is 10.0. The SMILES string of the molecule is CCC(C)NC(=O)C(Cc1ccccc1)N(Cc1ccc(Cl)cc1)C(=O)CN(c1ccc(OC)c(OC)c1)S(C)(=O)=O. The normalized spacial score (nSPS) is 12.6. The smallest absolute Gasteiger partial charge is 0.244 e. The molecule has 0 spiro atoms. The summed E-state index contributed by atoms with van der Waals surface area (Å²) in [5.74, 6) is -0.156. The Bertz CT molecular complexity index is 1450. The van der Waals surface area contributed by atoms with Gasteiger partial charge in [0, 0.05) is 30.1 Å². The van der Waals surface area contributed by atoms with Gasteiger partial charge in [-0.1, -0.05) is 61.0 Å². The third kappa shape index (κ3) is 8.87. The molecule has 2 unspecified atom stereocenters. The van der Waals surface area contributed by atoms with Crippen molar-refractivity contribution >= 4 is 39.1 Å². The van der Waals surface area contributed by atoms with Crippen LogP contribution in [0.3, 0.4) is 0 Å². The Morgan fingerprint density at radius 3 is 2.14 bits per heavy atom. The molecule has 0 saturated carbocycles. The first-order valence-corrected chi connectivity index (χ1v) is 15.8. The topological polar surface area (TPSA) is 105 Å². The van der Waals surface area contributed by atoms with E-state index in [0.717, 1.165) is 21.7 Å². The van der Waals surface area contributed by atoms with Crippen LogP contribution in [0.4, 0.5) is 5.69 Å². The van der Waals surface area contributed by atoms with E-state index in [2.05, 4.69) is 5.32 Å². The van der Waals surface area contributed by atoms with Gasteiger partial charge in [-0.15, -0.1) is 0 Å². The highest BCUT2D eigenvalue weighted by Gasteiger charge is 2.33. The minimum Gasteiger partial charge on any atom is -0.493 e. The molecule has 42 heavy (non-hydrogen) atoms. The van der Waals surface area contributed by atoms with Crippen molar-refractivity contribution in [1.29, 1.82) is 0 Å². The number of anilines is 1. The molecule has 11 heteroatoms. The maximum atomic E-state index is 14.2. The molecule has 0 bridgehead atoms. The second kappa shape index (κ2) is 14.9. The van der Waals surface area contributed by atoms with E-state index in [1.54, 1.807) is 30.3 Å². The molecule has 2 amide bonds. The summed E-state index contributed by atoms with van der Waals surface area (Å²) in [7, 11) is -1.01. The van der Waals surface area contributed by atoms with Gasteiger partial charge in [0.25, 0.3) is 0 Å². The third-order valence-electron chi connectivity index (χ3n) is 6.87. The first-order valence-electron chi connectivity index (χ1n) is 13.5. The van der Waals surface area contributed by atoms with E-state index >= 15 is 0 Å². The molecule has 3 aromatic carbocycles. The number of nitrogens with one attached hydrogen (secondary N) is 1. The molecule has 0 aliphatic heterocycles. The highest BCUT2D eigenvalue weighted by molar-refractivity contribution is 7.92. The lowest BCUT2D eigenvalue weighted by Crippen LogP contribution is -2.54. The third-order valence-corrected chi connectivity index (χ3v) is 8.27. The Hall–Kier alpha value is -3.76. The number of rotatable bonds is 14. The molecule has 3 rings (SSSR count). The fourth-order valence-corrected chi connectivity index (χ4v) is 5.34. The average Bonchev–Trinajstić information content (AvgIpc) is 2.97. The summed E-state index contributed by atoms with van der Waals surface area (Å²) in [6, 6.07) is 19.9. The number of halogens is 1. The van der Waals surface area contributed by atoms with Crippen molar-refractivity contribution in [3.8, 4) is 11.5 Å². The summed E-state index contributed by atoms with van der Waals surface area (Å²) in [5.41, 5.74) is 1.81. The van der Waals surface area contributed by atoms with E-state index in [1.807, 2.05) is 44.2 Å². The van der Waals surface area contributed by atoms with Crippen LogP contribution in [0.1, 0.15) is 31.4 Å². The summed E-state index contributed by atoms with van der Waals surface area (Å²) in [6.07, 6.45) is 1.96. The van der Waals surface area contributed by atoms with Crippen LogP contribution in [-0.2, 0) is 32.6 Å². The molecule has 0 radical (unpaired) electrons. The molecular formula is C31H38ClN3O6S. The number of methoxy groups -OCH3 is 2. The van der Waals surface area contributed by atoms with Crippen molar-refractivity contribution in [3.63, 3.8) is 0 Å². The fraction of sp³-hybridized carbons (Fsp3) is 0.355. The van der Waals surface area contributed by atoms with Gasteiger partial charge in [0.05, 0.1) is 26.2 Å². The Labute approximate surface area is 253 Å². The number of benzene rings is 3. The number of hydrogen-bond donors (Lipinski definition) is 1. The van der Waals surface area contributed by atoms with Crippen molar-refractivity contribution < 1.29 is 27.5 Å². The van der Waals surface area contributed by atoms with Gasteiger partial charge in [0.15, 0.2) is 11.5 Å². The summed E-state index contributed by atoms with van der Waals surface area (Å²) in [5, 5.41) is 3.54. The van der Waals surface area contributed by atoms with Crippen LogP contribution >= 0.6 is 11.6 Å². The Morgan fingerprint density at radius 2 is 1.57 bits per heavy atom. The molecule has 0 saturated heterocycles. The summed E-state index contributed by atoms with van der Waals surface area (Å²) in [6.45, 7) is 3.38. The van der Waals surface area contributed by atoms with Gasteiger partial charge >= 0.3 is 0 Å². The van der Waals surface area contributed by atoms with E-state index in [0.29, 0.717) is 22.9 Å². The Kier molecular flexibility index (Phi) is 11.6. The molecule has 226 valence electrons. The molecule has 9 nitrogen and oxygen atoms in total. The standard InChI is InChI=1S/C31H38ClN3O6S/c1-6-22(2)33-31(37)27(18-23-10-8-7-9-11-23)34(20-24-12-14-25(32)15-13-24)30(36)21-35(42(5,38)39)26-16-17-28(40-3)29(19-26)41-4/h7-17,19,22,27H,6,18,20-21H2,1-5H3,(H,33,37). The lowest BCUT2D eigenvalue weighted by Gasteiger charge is -2.34. The predicted molar refractivity (Wildman–Crippen MR) is 166 cm³/mol. The molecule has 3 aromatic rings.